The summed E-state index contributed by atoms with van der Waals surface area (Å²) in [5.74, 6) is -0.414. The van der Waals surface area contributed by atoms with Crippen molar-refractivity contribution in [3.8, 4) is 23.0 Å². The van der Waals surface area contributed by atoms with Crippen molar-refractivity contribution >= 4 is 11.8 Å². The molecule has 1 aliphatic rings. The fraction of sp³-hybridized carbons (Fsp3) is 0.250. The molecule has 0 spiro atoms. The van der Waals surface area contributed by atoms with Gasteiger partial charge >= 0.3 is 5.97 Å². The van der Waals surface area contributed by atoms with Crippen LogP contribution in [0, 0.1) is 13.8 Å². The number of hydrogen-bond acceptors (Lipinski definition) is 7. The molecule has 0 bridgehead atoms. The van der Waals surface area contributed by atoms with Crippen molar-refractivity contribution in [2.24, 2.45) is 0 Å². The summed E-state index contributed by atoms with van der Waals surface area (Å²) in [6.45, 7) is 4.14. The molecular formula is C24H23NO7. The number of aromatic hydroxyl groups is 2. The molecule has 0 fully saturated rings. The molecule has 8 heteroatoms. The first-order chi connectivity index (χ1) is 15.3. The summed E-state index contributed by atoms with van der Waals surface area (Å²) in [6, 6.07) is 12.7. The predicted molar refractivity (Wildman–Crippen MR) is 115 cm³/mol. The number of esters is 1. The maximum atomic E-state index is 12.7. The van der Waals surface area contributed by atoms with Gasteiger partial charge in [0.05, 0.1) is 6.54 Å². The van der Waals surface area contributed by atoms with Gasteiger partial charge in [-0.25, -0.2) is 4.79 Å². The number of nitrogens with zero attached hydrogens (tertiary/aromatic N) is 1. The molecule has 166 valence electrons. The van der Waals surface area contributed by atoms with Gasteiger partial charge < -0.3 is 29.0 Å². The van der Waals surface area contributed by atoms with Crippen LogP contribution in [0.1, 0.15) is 32.1 Å². The number of rotatable bonds is 6. The lowest BCUT2D eigenvalue weighted by atomic mass is 10.1. The van der Waals surface area contributed by atoms with E-state index in [4.69, 9.17) is 14.2 Å². The van der Waals surface area contributed by atoms with Crippen LogP contribution in [0.25, 0.3) is 0 Å². The number of hydrogen-bond donors (Lipinski definition) is 2. The number of ketones is 1. The van der Waals surface area contributed by atoms with E-state index in [9.17, 15) is 19.8 Å². The summed E-state index contributed by atoms with van der Waals surface area (Å²) < 4.78 is 18.8. The number of phenolic OH excluding ortho intramolecular Hbond substituents is 2. The third kappa shape index (κ3) is 4.25. The van der Waals surface area contributed by atoms with Crippen LogP contribution in [-0.4, -0.2) is 45.9 Å². The molecule has 1 unspecified atom stereocenters. The van der Waals surface area contributed by atoms with Crippen LogP contribution in [-0.2, 0) is 11.3 Å². The van der Waals surface area contributed by atoms with Crippen molar-refractivity contribution in [1.82, 2.24) is 4.57 Å². The molecule has 0 amide bonds. The van der Waals surface area contributed by atoms with Crippen LogP contribution in [0.3, 0.4) is 0 Å². The van der Waals surface area contributed by atoms with Crippen molar-refractivity contribution in [2.45, 2.75) is 26.5 Å². The van der Waals surface area contributed by atoms with E-state index in [0.29, 0.717) is 30.2 Å². The first-order valence-corrected chi connectivity index (χ1v) is 10.1. The van der Waals surface area contributed by atoms with Gasteiger partial charge in [0.1, 0.15) is 23.7 Å². The summed E-state index contributed by atoms with van der Waals surface area (Å²) in [5, 5.41) is 19.1. The zero-order chi connectivity index (χ0) is 22.8. The van der Waals surface area contributed by atoms with Crippen molar-refractivity contribution < 1.29 is 34.0 Å². The molecule has 2 aromatic carbocycles. The second kappa shape index (κ2) is 8.66. The van der Waals surface area contributed by atoms with Crippen molar-refractivity contribution in [2.75, 3.05) is 13.2 Å². The summed E-state index contributed by atoms with van der Waals surface area (Å²) in [7, 11) is 0. The van der Waals surface area contributed by atoms with Gasteiger partial charge in [-0.15, -0.1) is 0 Å². The lowest BCUT2D eigenvalue weighted by Crippen LogP contribution is -2.33. The maximum Gasteiger partial charge on any atom is 0.342 e. The highest BCUT2D eigenvalue weighted by Crippen LogP contribution is 2.31. The number of phenols is 2. The van der Waals surface area contributed by atoms with Crippen LogP contribution in [0.4, 0.5) is 0 Å². The summed E-state index contributed by atoms with van der Waals surface area (Å²) >= 11 is 0. The fourth-order valence-electron chi connectivity index (χ4n) is 3.70. The van der Waals surface area contributed by atoms with Crippen molar-refractivity contribution in [3.05, 3.63) is 71.0 Å². The third-order valence-corrected chi connectivity index (χ3v) is 5.36. The zero-order valence-corrected chi connectivity index (χ0v) is 17.7. The van der Waals surface area contributed by atoms with Gasteiger partial charge in [-0.05, 0) is 44.2 Å². The van der Waals surface area contributed by atoms with Gasteiger partial charge in [0.2, 0.25) is 5.78 Å². The summed E-state index contributed by atoms with van der Waals surface area (Å²) in [6.07, 6.45) is -0.215. The van der Waals surface area contributed by atoms with Crippen molar-refractivity contribution in [3.63, 3.8) is 0 Å². The van der Waals surface area contributed by atoms with Crippen LogP contribution in [0.15, 0.2) is 48.5 Å². The van der Waals surface area contributed by atoms with Crippen LogP contribution < -0.4 is 9.47 Å². The molecule has 1 aliphatic heterocycles. The summed E-state index contributed by atoms with van der Waals surface area (Å²) in [4.78, 5) is 24.9. The Labute approximate surface area is 184 Å². The van der Waals surface area contributed by atoms with Crippen molar-refractivity contribution in [1.29, 1.82) is 0 Å². The number of ether oxygens (including phenoxy) is 3. The topological polar surface area (TPSA) is 107 Å². The van der Waals surface area contributed by atoms with Gasteiger partial charge in [-0.3, -0.25) is 4.79 Å². The van der Waals surface area contributed by atoms with Gasteiger partial charge in [-0.1, -0.05) is 12.1 Å². The van der Waals surface area contributed by atoms with E-state index in [1.807, 2.05) is 42.7 Å². The minimum absolute atomic E-state index is 0.129. The molecule has 32 heavy (non-hydrogen) atoms. The summed E-state index contributed by atoms with van der Waals surface area (Å²) in [5.41, 5.74) is 1.92. The standard InChI is InChI=1S/C24H23NO7/c1-14-9-19(21(28)13-31-24(29)18-8-7-16(26)10-20(18)27)15(2)25(14)11-17-12-30-22-5-3-4-6-23(22)32-17/h3-10,17,26-27H,11-13H2,1-2H3. The molecule has 2 N–H and O–H groups in total. The first kappa shape index (κ1) is 21.3. The number of para-hydroxylation sites is 2. The Hall–Kier alpha value is -3.94. The number of carbonyl (C=O) groups is 2. The molecule has 0 radical (unpaired) electrons. The highest BCUT2D eigenvalue weighted by Gasteiger charge is 2.24. The van der Waals surface area contributed by atoms with Gasteiger partial charge in [0, 0.05) is 23.0 Å². The molecule has 0 saturated heterocycles. The van der Waals surface area contributed by atoms with Gasteiger partial charge in [0.25, 0.3) is 0 Å². The van der Waals surface area contributed by atoms with Gasteiger partial charge in [0.15, 0.2) is 24.2 Å². The Morgan fingerprint density at radius 3 is 2.56 bits per heavy atom. The average molecular weight is 437 g/mol. The molecule has 1 aromatic heterocycles. The molecule has 8 nitrogen and oxygen atoms in total. The lowest BCUT2D eigenvalue weighted by molar-refractivity contribution is 0.0471. The van der Waals surface area contributed by atoms with E-state index in [2.05, 4.69) is 0 Å². The minimum atomic E-state index is -0.851. The number of fused-ring (bicyclic) bond motifs is 1. The zero-order valence-electron chi connectivity index (χ0n) is 17.7. The monoisotopic (exact) mass is 437 g/mol. The maximum absolute atomic E-state index is 12.7. The number of benzene rings is 2. The Morgan fingerprint density at radius 2 is 1.81 bits per heavy atom. The fourth-order valence-corrected chi connectivity index (χ4v) is 3.70. The highest BCUT2D eigenvalue weighted by atomic mass is 16.6. The number of Topliss-reactive ketones (excluding diaryl/α,β-unsaturated/α-hetero) is 1. The molecule has 1 atom stereocenters. The molecule has 0 aliphatic carbocycles. The SMILES string of the molecule is Cc1cc(C(=O)COC(=O)c2ccc(O)cc2O)c(C)n1CC1COc2ccccc2O1. The Bertz CT molecular complexity index is 1180. The average Bonchev–Trinajstić information content (AvgIpc) is 3.05. The van der Waals surface area contributed by atoms with E-state index in [-0.39, 0.29) is 23.2 Å². The number of aromatic nitrogens is 1. The Kier molecular flexibility index (Phi) is 5.77. The first-order valence-electron chi connectivity index (χ1n) is 10.1. The van der Waals surface area contributed by atoms with E-state index >= 15 is 0 Å². The number of carbonyl (C=O) groups excluding carboxylic acids is 2. The van der Waals surface area contributed by atoms with Gasteiger partial charge in [-0.2, -0.15) is 0 Å². The Morgan fingerprint density at radius 1 is 1.06 bits per heavy atom. The molecule has 4 rings (SSSR count). The van der Waals surface area contributed by atoms with E-state index in [1.54, 1.807) is 6.07 Å². The van der Waals surface area contributed by atoms with Crippen LogP contribution in [0.2, 0.25) is 0 Å². The van der Waals surface area contributed by atoms with E-state index in [0.717, 1.165) is 17.5 Å². The van der Waals surface area contributed by atoms with E-state index < -0.39 is 18.3 Å². The number of aryl methyl sites for hydroxylation is 1. The molecule has 0 saturated carbocycles. The predicted octanol–water partition coefficient (Wildman–Crippen LogP) is 3.40. The second-order valence-electron chi connectivity index (χ2n) is 7.59. The largest absolute Gasteiger partial charge is 0.508 e. The minimum Gasteiger partial charge on any atom is -0.508 e. The molecule has 3 aromatic rings. The normalized spacial score (nSPS) is 14.8. The van der Waals surface area contributed by atoms with E-state index in [1.165, 1.54) is 12.1 Å². The quantitative estimate of drug-likeness (QED) is 0.450. The highest BCUT2D eigenvalue weighted by molar-refractivity contribution is 6.01. The third-order valence-electron chi connectivity index (χ3n) is 5.36. The Balaban J connectivity index is 1.42. The van der Waals surface area contributed by atoms with Crippen LogP contribution in [0.5, 0.6) is 23.0 Å². The second-order valence-corrected chi connectivity index (χ2v) is 7.59. The lowest BCUT2D eigenvalue weighted by Gasteiger charge is -2.27. The van der Waals surface area contributed by atoms with Crippen LogP contribution >= 0.6 is 0 Å². The smallest absolute Gasteiger partial charge is 0.342 e. The molecular weight excluding hydrogens is 414 g/mol. The molecule has 2 heterocycles.